The molecule has 0 unspecified atom stereocenters. The minimum Gasteiger partial charge on any atom is -0.342 e. The Labute approximate surface area is 121 Å². The van der Waals surface area contributed by atoms with Crippen LogP contribution in [0, 0.1) is 18.8 Å². The van der Waals surface area contributed by atoms with Crippen LogP contribution in [0.3, 0.4) is 0 Å². The Balaban J connectivity index is 1.84. The molecule has 2 atom stereocenters. The fraction of sp³-hybridized carbons (Fsp3) is 0.733. The van der Waals surface area contributed by atoms with Crippen LogP contribution in [0.15, 0.2) is 6.20 Å². The number of aromatic amines is 1. The predicted molar refractivity (Wildman–Crippen MR) is 79.2 cm³/mol. The molecule has 1 aromatic heterocycles. The van der Waals surface area contributed by atoms with Gasteiger partial charge >= 0.3 is 0 Å². The van der Waals surface area contributed by atoms with E-state index in [0.29, 0.717) is 12.0 Å². The number of hydrogen-bond donors (Lipinski definition) is 2. The fourth-order valence-electron chi connectivity index (χ4n) is 2.81. The number of aryl methyl sites for hydroxylation is 1. The van der Waals surface area contributed by atoms with Gasteiger partial charge in [0.2, 0.25) is 5.91 Å². The van der Waals surface area contributed by atoms with Crippen LogP contribution in [-0.2, 0) is 11.3 Å². The Bertz CT molecular complexity index is 454. The topological polar surface area (TPSA) is 61.0 Å². The maximum absolute atomic E-state index is 12.0. The van der Waals surface area contributed by atoms with Gasteiger partial charge in [-0.15, -0.1) is 0 Å². The molecule has 0 aromatic carbocycles. The van der Waals surface area contributed by atoms with Crippen LogP contribution in [0.1, 0.15) is 38.4 Å². The summed E-state index contributed by atoms with van der Waals surface area (Å²) >= 11 is 0. The molecule has 0 saturated carbocycles. The number of nitrogens with one attached hydrogen (secondary N) is 2. The first kappa shape index (κ1) is 15.0. The van der Waals surface area contributed by atoms with Gasteiger partial charge in [-0.3, -0.25) is 9.89 Å². The quantitative estimate of drug-likeness (QED) is 0.881. The number of H-pyrrole nitrogens is 1. The van der Waals surface area contributed by atoms with Crippen LogP contribution >= 0.6 is 0 Å². The first-order chi connectivity index (χ1) is 9.49. The number of carbonyl (C=O) groups is 1. The lowest BCUT2D eigenvalue weighted by molar-refractivity contribution is -0.136. The number of nitrogens with zero attached hydrogens (tertiary/aromatic N) is 2. The van der Waals surface area contributed by atoms with Crippen molar-refractivity contribution in [2.45, 2.75) is 46.7 Å². The Kier molecular flexibility index (Phi) is 4.81. The lowest BCUT2D eigenvalue weighted by atomic mass is 9.93. The van der Waals surface area contributed by atoms with Crippen molar-refractivity contribution in [2.75, 3.05) is 13.1 Å². The Morgan fingerprint density at radius 1 is 1.60 bits per heavy atom. The molecule has 20 heavy (non-hydrogen) atoms. The number of rotatable bonds is 4. The van der Waals surface area contributed by atoms with Gasteiger partial charge in [-0.2, -0.15) is 5.10 Å². The zero-order valence-electron chi connectivity index (χ0n) is 12.9. The standard InChI is InChI=1S/C15H26N4O/c1-10(2)15(20)19-6-5-14(11(3)9-19)16-7-13-8-17-18-12(13)4/h8,10-11,14,16H,5-7,9H2,1-4H3,(H,17,18)/t11-,14+/m0/s1. The monoisotopic (exact) mass is 278 g/mol. The van der Waals surface area contributed by atoms with Crippen LogP contribution in [0.25, 0.3) is 0 Å². The number of carbonyl (C=O) groups excluding carboxylic acids is 1. The van der Waals surface area contributed by atoms with Crippen molar-refractivity contribution in [3.05, 3.63) is 17.5 Å². The average molecular weight is 278 g/mol. The highest BCUT2D eigenvalue weighted by Gasteiger charge is 2.29. The van der Waals surface area contributed by atoms with Gasteiger partial charge < -0.3 is 10.2 Å². The van der Waals surface area contributed by atoms with E-state index < -0.39 is 0 Å². The van der Waals surface area contributed by atoms with Gasteiger partial charge in [-0.05, 0) is 19.3 Å². The molecule has 1 aromatic rings. The first-order valence-corrected chi connectivity index (χ1v) is 7.50. The number of aromatic nitrogens is 2. The third-order valence-electron chi connectivity index (χ3n) is 4.20. The van der Waals surface area contributed by atoms with Gasteiger partial charge in [-0.1, -0.05) is 20.8 Å². The molecule has 0 bridgehead atoms. The van der Waals surface area contributed by atoms with Crippen LogP contribution in [-0.4, -0.2) is 40.1 Å². The summed E-state index contributed by atoms with van der Waals surface area (Å²) in [5.74, 6) is 0.861. The SMILES string of the molecule is Cc1[nH]ncc1CN[C@@H]1CCN(C(=O)C(C)C)C[C@@H]1C. The van der Waals surface area contributed by atoms with E-state index in [1.807, 2.05) is 31.9 Å². The summed E-state index contributed by atoms with van der Waals surface area (Å²) in [6.45, 7) is 10.8. The van der Waals surface area contributed by atoms with E-state index in [1.165, 1.54) is 5.56 Å². The molecule has 112 valence electrons. The molecule has 1 fully saturated rings. The molecule has 0 radical (unpaired) electrons. The zero-order valence-corrected chi connectivity index (χ0v) is 12.9. The summed E-state index contributed by atoms with van der Waals surface area (Å²) in [7, 11) is 0. The molecule has 1 amide bonds. The van der Waals surface area contributed by atoms with Crippen LogP contribution in [0.4, 0.5) is 0 Å². The van der Waals surface area contributed by atoms with E-state index in [-0.39, 0.29) is 11.8 Å². The lowest BCUT2D eigenvalue weighted by Gasteiger charge is -2.38. The molecule has 2 N–H and O–H groups in total. The summed E-state index contributed by atoms with van der Waals surface area (Å²) in [4.78, 5) is 14.0. The number of amides is 1. The molecule has 5 heteroatoms. The molecular weight excluding hydrogens is 252 g/mol. The smallest absolute Gasteiger partial charge is 0.225 e. The molecule has 2 heterocycles. The van der Waals surface area contributed by atoms with Gasteiger partial charge in [-0.25, -0.2) is 0 Å². The van der Waals surface area contributed by atoms with Gasteiger partial charge in [0.25, 0.3) is 0 Å². The molecule has 1 aliphatic rings. The van der Waals surface area contributed by atoms with Crippen molar-refractivity contribution < 1.29 is 4.79 Å². The van der Waals surface area contributed by atoms with Gasteiger partial charge in [0.05, 0.1) is 6.20 Å². The molecule has 0 spiro atoms. The predicted octanol–water partition coefficient (Wildman–Crippen LogP) is 1.70. The molecule has 5 nitrogen and oxygen atoms in total. The molecule has 0 aliphatic carbocycles. The van der Waals surface area contributed by atoms with Crippen molar-refractivity contribution in [2.24, 2.45) is 11.8 Å². The summed E-state index contributed by atoms with van der Waals surface area (Å²) in [5, 5.41) is 10.6. The maximum Gasteiger partial charge on any atom is 0.225 e. The minimum absolute atomic E-state index is 0.0975. The van der Waals surface area contributed by atoms with E-state index in [0.717, 1.165) is 31.7 Å². The van der Waals surface area contributed by atoms with E-state index in [4.69, 9.17) is 0 Å². The van der Waals surface area contributed by atoms with Gasteiger partial charge in [0, 0.05) is 42.9 Å². The highest BCUT2D eigenvalue weighted by molar-refractivity contribution is 5.78. The van der Waals surface area contributed by atoms with Crippen LogP contribution < -0.4 is 5.32 Å². The summed E-state index contributed by atoms with van der Waals surface area (Å²) in [6, 6.07) is 0.473. The number of piperidine rings is 1. The van der Waals surface area contributed by atoms with E-state index in [9.17, 15) is 4.79 Å². The third kappa shape index (κ3) is 3.39. The van der Waals surface area contributed by atoms with Crippen molar-refractivity contribution in [3.8, 4) is 0 Å². The normalized spacial score (nSPS) is 23.4. The second kappa shape index (κ2) is 6.39. The van der Waals surface area contributed by atoms with Crippen molar-refractivity contribution in [1.82, 2.24) is 20.4 Å². The maximum atomic E-state index is 12.0. The van der Waals surface area contributed by atoms with Crippen molar-refractivity contribution >= 4 is 5.91 Å². The fourth-order valence-corrected chi connectivity index (χ4v) is 2.81. The number of likely N-dealkylation sites (tertiary alicyclic amines) is 1. The van der Waals surface area contributed by atoms with E-state index >= 15 is 0 Å². The molecule has 1 aliphatic heterocycles. The lowest BCUT2D eigenvalue weighted by Crippen LogP contribution is -2.50. The molecule has 2 rings (SSSR count). The Hall–Kier alpha value is -1.36. The molecule has 1 saturated heterocycles. The Morgan fingerprint density at radius 2 is 2.35 bits per heavy atom. The second-order valence-electron chi connectivity index (χ2n) is 6.21. The Morgan fingerprint density at radius 3 is 2.90 bits per heavy atom. The number of hydrogen-bond acceptors (Lipinski definition) is 3. The van der Waals surface area contributed by atoms with Gasteiger partial charge in [0.15, 0.2) is 0 Å². The summed E-state index contributed by atoms with van der Waals surface area (Å²) in [5.41, 5.74) is 2.34. The van der Waals surface area contributed by atoms with Crippen LogP contribution in [0.5, 0.6) is 0 Å². The van der Waals surface area contributed by atoms with Gasteiger partial charge in [0.1, 0.15) is 0 Å². The first-order valence-electron chi connectivity index (χ1n) is 7.50. The largest absolute Gasteiger partial charge is 0.342 e. The van der Waals surface area contributed by atoms with Crippen LogP contribution in [0.2, 0.25) is 0 Å². The second-order valence-corrected chi connectivity index (χ2v) is 6.21. The van der Waals surface area contributed by atoms with Crippen molar-refractivity contribution in [3.63, 3.8) is 0 Å². The zero-order chi connectivity index (χ0) is 14.7. The summed E-state index contributed by atoms with van der Waals surface area (Å²) < 4.78 is 0. The highest BCUT2D eigenvalue weighted by Crippen LogP contribution is 2.19. The minimum atomic E-state index is 0.0975. The average Bonchev–Trinajstić information content (AvgIpc) is 2.82. The molecular formula is C15H26N4O. The van der Waals surface area contributed by atoms with E-state index in [2.05, 4.69) is 22.4 Å². The van der Waals surface area contributed by atoms with Crippen molar-refractivity contribution in [1.29, 1.82) is 0 Å². The van der Waals surface area contributed by atoms with E-state index in [1.54, 1.807) is 0 Å². The summed E-state index contributed by atoms with van der Waals surface area (Å²) in [6.07, 6.45) is 2.90. The third-order valence-corrected chi connectivity index (χ3v) is 4.20. The highest BCUT2D eigenvalue weighted by atomic mass is 16.2.